The third-order valence-electron chi connectivity index (χ3n) is 2.35. The van der Waals surface area contributed by atoms with Crippen molar-refractivity contribution in [2.75, 3.05) is 0 Å². The Morgan fingerprint density at radius 1 is 1.43 bits per heavy atom. The van der Waals surface area contributed by atoms with Gasteiger partial charge in [0.2, 0.25) is 0 Å². The van der Waals surface area contributed by atoms with Crippen molar-refractivity contribution in [2.45, 2.75) is 18.8 Å². The molecule has 0 aliphatic heterocycles. The van der Waals surface area contributed by atoms with Gasteiger partial charge in [0.15, 0.2) is 11.5 Å². The Balaban J connectivity index is 2.26. The van der Waals surface area contributed by atoms with Crippen LogP contribution in [-0.4, -0.2) is 4.98 Å². The summed E-state index contributed by atoms with van der Waals surface area (Å²) < 4.78 is 19.2. The predicted molar refractivity (Wildman–Crippen MR) is 53.6 cm³/mol. The van der Waals surface area contributed by atoms with Gasteiger partial charge in [-0.25, -0.2) is 9.37 Å². The summed E-state index contributed by atoms with van der Waals surface area (Å²) >= 11 is 3.26. The SMILES string of the molecule is Fc1cc(Br)c2oc(C3CC3)nc2c1. The average molecular weight is 256 g/mol. The number of oxazole rings is 1. The Morgan fingerprint density at radius 3 is 2.93 bits per heavy atom. The first-order valence-electron chi connectivity index (χ1n) is 4.49. The van der Waals surface area contributed by atoms with Crippen LogP contribution in [0.3, 0.4) is 0 Å². The molecule has 72 valence electrons. The van der Waals surface area contributed by atoms with Crippen LogP contribution in [0.5, 0.6) is 0 Å². The van der Waals surface area contributed by atoms with Crippen LogP contribution in [0.1, 0.15) is 24.7 Å². The van der Waals surface area contributed by atoms with Crippen molar-refractivity contribution < 1.29 is 8.81 Å². The standard InChI is InChI=1S/C10H7BrFNO/c11-7-3-6(12)4-8-9(7)14-10(13-8)5-1-2-5/h3-5H,1-2H2. The van der Waals surface area contributed by atoms with E-state index >= 15 is 0 Å². The topological polar surface area (TPSA) is 26.0 Å². The molecule has 1 saturated carbocycles. The van der Waals surface area contributed by atoms with Gasteiger partial charge in [0.1, 0.15) is 11.3 Å². The van der Waals surface area contributed by atoms with Gasteiger partial charge < -0.3 is 4.42 Å². The summed E-state index contributed by atoms with van der Waals surface area (Å²) in [5, 5.41) is 0. The molecule has 1 heterocycles. The number of hydrogen-bond acceptors (Lipinski definition) is 2. The second kappa shape index (κ2) is 2.79. The van der Waals surface area contributed by atoms with Gasteiger partial charge >= 0.3 is 0 Å². The Kier molecular flexibility index (Phi) is 1.68. The van der Waals surface area contributed by atoms with Gasteiger partial charge in [-0.2, -0.15) is 0 Å². The molecule has 1 aliphatic rings. The molecule has 0 bridgehead atoms. The Bertz CT molecular complexity index is 504. The second-order valence-electron chi connectivity index (χ2n) is 3.56. The molecule has 0 atom stereocenters. The van der Waals surface area contributed by atoms with E-state index in [0.717, 1.165) is 18.7 Å². The molecule has 3 rings (SSSR count). The van der Waals surface area contributed by atoms with Gasteiger partial charge in [0, 0.05) is 12.0 Å². The normalized spacial score (nSPS) is 16.4. The maximum Gasteiger partial charge on any atom is 0.198 e. The van der Waals surface area contributed by atoms with Crippen molar-refractivity contribution in [3.63, 3.8) is 0 Å². The van der Waals surface area contributed by atoms with E-state index in [0.29, 0.717) is 21.5 Å². The van der Waals surface area contributed by atoms with Crippen molar-refractivity contribution in [1.29, 1.82) is 0 Å². The molecule has 0 saturated heterocycles. The minimum atomic E-state index is -0.292. The summed E-state index contributed by atoms with van der Waals surface area (Å²) in [6.07, 6.45) is 2.26. The summed E-state index contributed by atoms with van der Waals surface area (Å²) in [5.41, 5.74) is 1.24. The van der Waals surface area contributed by atoms with Crippen LogP contribution in [0.4, 0.5) is 4.39 Å². The highest BCUT2D eigenvalue weighted by Crippen LogP contribution is 2.41. The smallest absolute Gasteiger partial charge is 0.198 e. The summed E-state index contributed by atoms with van der Waals surface area (Å²) in [6, 6.07) is 2.79. The number of benzene rings is 1. The lowest BCUT2D eigenvalue weighted by Gasteiger charge is -1.90. The van der Waals surface area contributed by atoms with Gasteiger partial charge in [-0.05, 0) is 34.8 Å². The molecule has 2 aromatic rings. The minimum absolute atomic E-state index is 0.292. The fraction of sp³-hybridized carbons (Fsp3) is 0.300. The van der Waals surface area contributed by atoms with Gasteiger partial charge in [-0.15, -0.1) is 0 Å². The average Bonchev–Trinajstić information content (AvgIpc) is 2.87. The second-order valence-corrected chi connectivity index (χ2v) is 4.42. The van der Waals surface area contributed by atoms with Crippen LogP contribution in [0.15, 0.2) is 21.0 Å². The first kappa shape index (κ1) is 8.41. The number of hydrogen-bond donors (Lipinski definition) is 0. The van der Waals surface area contributed by atoms with Crippen molar-refractivity contribution in [2.24, 2.45) is 0 Å². The van der Waals surface area contributed by atoms with Gasteiger partial charge in [-0.1, -0.05) is 0 Å². The van der Waals surface area contributed by atoms with E-state index in [9.17, 15) is 4.39 Å². The van der Waals surface area contributed by atoms with Crippen molar-refractivity contribution in [3.05, 3.63) is 28.3 Å². The largest absolute Gasteiger partial charge is 0.439 e. The van der Waals surface area contributed by atoms with Gasteiger partial charge in [-0.3, -0.25) is 0 Å². The molecule has 0 N–H and O–H groups in total. The van der Waals surface area contributed by atoms with E-state index in [1.807, 2.05) is 0 Å². The quantitative estimate of drug-likeness (QED) is 0.778. The third-order valence-corrected chi connectivity index (χ3v) is 2.94. The summed E-state index contributed by atoms with van der Waals surface area (Å²) in [5.74, 6) is 0.906. The van der Waals surface area contributed by atoms with Crippen molar-refractivity contribution in [1.82, 2.24) is 4.98 Å². The van der Waals surface area contributed by atoms with Crippen LogP contribution in [0, 0.1) is 5.82 Å². The van der Waals surface area contributed by atoms with Crippen LogP contribution < -0.4 is 0 Å². The third kappa shape index (κ3) is 1.25. The van der Waals surface area contributed by atoms with Crippen LogP contribution in [-0.2, 0) is 0 Å². The molecule has 4 heteroatoms. The first-order chi connectivity index (χ1) is 6.74. The monoisotopic (exact) mass is 255 g/mol. The lowest BCUT2D eigenvalue weighted by Crippen LogP contribution is -1.77. The lowest BCUT2D eigenvalue weighted by molar-refractivity contribution is 0.531. The first-order valence-corrected chi connectivity index (χ1v) is 5.29. The number of rotatable bonds is 1. The highest BCUT2D eigenvalue weighted by molar-refractivity contribution is 9.10. The van der Waals surface area contributed by atoms with E-state index in [1.165, 1.54) is 12.1 Å². The number of aromatic nitrogens is 1. The highest BCUT2D eigenvalue weighted by atomic mass is 79.9. The number of halogens is 2. The van der Waals surface area contributed by atoms with Gasteiger partial charge in [0.05, 0.1) is 4.47 Å². The van der Waals surface area contributed by atoms with Crippen LogP contribution in [0.2, 0.25) is 0 Å². The van der Waals surface area contributed by atoms with Gasteiger partial charge in [0.25, 0.3) is 0 Å². The maximum absolute atomic E-state index is 13.0. The zero-order valence-electron chi connectivity index (χ0n) is 7.26. The molecule has 1 fully saturated rings. The minimum Gasteiger partial charge on any atom is -0.439 e. The highest BCUT2D eigenvalue weighted by Gasteiger charge is 2.29. The fourth-order valence-corrected chi connectivity index (χ4v) is 1.98. The van der Waals surface area contributed by atoms with Crippen LogP contribution >= 0.6 is 15.9 Å². The molecule has 0 amide bonds. The summed E-state index contributed by atoms with van der Waals surface area (Å²) in [7, 11) is 0. The van der Waals surface area contributed by atoms with E-state index in [2.05, 4.69) is 20.9 Å². The zero-order chi connectivity index (χ0) is 9.71. The molecule has 1 aromatic heterocycles. The molecular formula is C10H7BrFNO. The Labute approximate surface area is 88.2 Å². The molecule has 14 heavy (non-hydrogen) atoms. The molecule has 0 radical (unpaired) electrons. The maximum atomic E-state index is 13.0. The fourth-order valence-electron chi connectivity index (χ4n) is 1.48. The molecule has 1 aliphatic carbocycles. The Morgan fingerprint density at radius 2 is 2.21 bits per heavy atom. The molecule has 2 nitrogen and oxygen atoms in total. The summed E-state index contributed by atoms with van der Waals surface area (Å²) in [6.45, 7) is 0. The predicted octanol–water partition coefficient (Wildman–Crippen LogP) is 3.61. The van der Waals surface area contributed by atoms with E-state index in [4.69, 9.17) is 4.42 Å². The Hall–Kier alpha value is -0.900. The van der Waals surface area contributed by atoms with E-state index in [1.54, 1.807) is 0 Å². The van der Waals surface area contributed by atoms with E-state index in [-0.39, 0.29) is 5.82 Å². The molecular weight excluding hydrogens is 249 g/mol. The lowest BCUT2D eigenvalue weighted by atomic mass is 10.3. The molecule has 1 aromatic carbocycles. The number of nitrogens with zero attached hydrogens (tertiary/aromatic N) is 1. The van der Waals surface area contributed by atoms with Crippen molar-refractivity contribution in [3.8, 4) is 0 Å². The van der Waals surface area contributed by atoms with E-state index < -0.39 is 0 Å². The summed E-state index contributed by atoms with van der Waals surface area (Å²) in [4.78, 5) is 4.26. The molecule has 0 spiro atoms. The van der Waals surface area contributed by atoms with Crippen molar-refractivity contribution >= 4 is 27.0 Å². The number of fused-ring (bicyclic) bond motifs is 1. The zero-order valence-corrected chi connectivity index (χ0v) is 8.84. The molecule has 0 unspecified atom stereocenters. The van der Waals surface area contributed by atoms with Crippen LogP contribution in [0.25, 0.3) is 11.1 Å².